The standard InChI is InChI=1S/C15H17ClN2O/c1-2-19-14-4-3-10-17-15(14)18-11-9-12-5-7-13(16)8-6-12/h3-8,10H,2,9,11H2,1H3,(H,17,18). The van der Waals surface area contributed by atoms with E-state index in [4.69, 9.17) is 16.3 Å². The van der Waals surface area contributed by atoms with Crippen LogP contribution in [0.4, 0.5) is 5.82 Å². The van der Waals surface area contributed by atoms with E-state index >= 15 is 0 Å². The van der Waals surface area contributed by atoms with Crippen molar-refractivity contribution < 1.29 is 4.74 Å². The van der Waals surface area contributed by atoms with Crippen LogP contribution in [0.15, 0.2) is 42.6 Å². The van der Waals surface area contributed by atoms with Crippen molar-refractivity contribution in [1.82, 2.24) is 4.98 Å². The fourth-order valence-corrected chi connectivity index (χ4v) is 1.90. The lowest BCUT2D eigenvalue weighted by atomic mass is 10.1. The lowest BCUT2D eigenvalue weighted by Gasteiger charge is -2.10. The number of hydrogen-bond donors (Lipinski definition) is 1. The molecule has 0 atom stereocenters. The third-order valence-electron chi connectivity index (χ3n) is 2.69. The number of pyridine rings is 1. The van der Waals surface area contributed by atoms with Crippen LogP contribution in [0.2, 0.25) is 5.02 Å². The Morgan fingerprint density at radius 3 is 2.74 bits per heavy atom. The number of benzene rings is 1. The first-order valence-electron chi connectivity index (χ1n) is 6.35. The van der Waals surface area contributed by atoms with Gasteiger partial charge in [0, 0.05) is 17.8 Å². The third kappa shape index (κ3) is 4.14. The highest BCUT2D eigenvalue weighted by Gasteiger charge is 2.02. The quantitative estimate of drug-likeness (QED) is 0.872. The van der Waals surface area contributed by atoms with E-state index in [0.717, 1.165) is 29.6 Å². The molecular weight excluding hydrogens is 260 g/mol. The molecule has 0 radical (unpaired) electrons. The molecule has 1 N–H and O–H groups in total. The summed E-state index contributed by atoms with van der Waals surface area (Å²) in [5.74, 6) is 1.58. The van der Waals surface area contributed by atoms with Gasteiger partial charge in [0.15, 0.2) is 11.6 Å². The Balaban J connectivity index is 1.90. The number of ether oxygens (including phenoxy) is 1. The second kappa shape index (κ2) is 7.00. The number of aromatic nitrogens is 1. The van der Waals surface area contributed by atoms with Crippen molar-refractivity contribution >= 4 is 17.4 Å². The minimum atomic E-state index is 0.636. The van der Waals surface area contributed by atoms with E-state index in [2.05, 4.69) is 10.3 Å². The van der Waals surface area contributed by atoms with Gasteiger partial charge in [0.05, 0.1) is 6.61 Å². The van der Waals surface area contributed by atoms with Crippen LogP contribution in [-0.4, -0.2) is 18.1 Å². The van der Waals surface area contributed by atoms with Gasteiger partial charge in [-0.25, -0.2) is 4.98 Å². The summed E-state index contributed by atoms with van der Waals surface area (Å²) in [6.07, 6.45) is 2.67. The maximum atomic E-state index is 5.85. The summed E-state index contributed by atoms with van der Waals surface area (Å²) >= 11 is 5.85. The van der Waals surface area contributed by atoms with Crippen LogP contribution < -0.4 is 10.1 Å². The highest BCUT2D eigenvalue weighted by Crippen LogP contribution is 2.20. The molecule has 0 fully saturated rings. The first kappa shape index (κ1) is 13.7. The molecule has 0 aliphatic rings. The highest BCUT2D eigenvalue weighted by atomic mass is 35.5. The van der Waals surface area contributed by atoms with Crippen molar-refractivity contribution in [3.63, 3.8) is 0 Å². The minimum absolute atomic E-state index is 0.636. The highest BCUT2D eigenvalue weighted by molar-refractivity contribution is 6.30. The van der Waals surface area contributed by atoms with E-state index in [-0.39, 0.29) is 0 Å². The first-order chi connectivity index (χ1) is 9.29. The van der Waals surface area contributed by atoms with Crippen LogP contribution in [0.1, 0.15) is 12.5 Å². The molecule has 0 saturated carbocycles. The Morgan fingerprint density at radius 1 is 1.21 bits per heavy atom. The molecule has 0 aliphatic heterocycles. The zero-order valence-electron chi connectivity index (χ0n) is 10.9. The van der Waals surface area contributed by atoms with Crippen LogP contribution in [0, 0.1) is 0 Å². The number of rotatable bonds is 6. The van der Waals surface area contributed by atoms with Gasteiger partial charge < -0.3 is 10.1 Å². The fourth-order valence-electron chi connectivity index (χ4n) is 1.77. The SMILES string of the molecule is CCOc1cccnc1NCCc1ccc(Cl)cc1. The predicted molar refractivity (Wildman–Crippen MR) is 79.1 cm³/mol. The molecule has 2 rings (SSSR count). The van der Waals surface area contributed by atoms with Crippen LogP contribution in [0.3, 0.4) is 0 Å². The molecule has 1 heterocycles. The van der Waals surface area contributed by atoms with Crippen LogP contribution in [-0.2, 0) is 6.42 Å². The molecule has 0 bridgehead atoms. The minimum Gasteiger partial charge on any atom is -0.490 e. The Bertz CT molecular complexity index is 514. The fraction of sp³-hybridized carbons (Fsp3) is 0.267. The van der Waals surface area contributed by atoms with Crippen molar-refractivity contribution in [2.45, 2.75) is 13.3 Å². The van der Waals surface area contributed by atoms with Gasteiger partial charge in [-0.1, -0.05) is 23.7 Å². The molecule has 19 heavy (non-hydrogen) atoms. The molecule has 100 valence electrons. The normalized spacial score (nSPS) is 10.2. The Hall–Kier alpha value is -1.74. The Kier molecular flexibility index (Phi) is 5.04. The molecule has 1 aromatic carbocycles. The lowest BCUT2D eigenvalue weighted by Crippen LogP contribution is -2.08. The molecular formula is C15H17ClN2O. The van der Waals surface area contributed by atoms with Gasteiger partial charge in [-0.3, -0.25) is 0 Å². The molecule has 2 aromatic rings. The van der Waals surface area contributed by atoms with Crippen LogP contribution in [0.5, 0.6) is 5.75 Å². The van der Waals surface area contributed by atoms with Crippen molar-refractivity contribution in [2.24, 2.45) is 0 Å². The summed E-state index contributed by atoms with van der Waals surface area (Å²) in [5, 5.41) is 4.06. The second-order valence-electron chi connectivity index (χ2n) is 4.09. The summed E-state index contributed by atoms with van der Waals surface area (Å²) < 4.78 is 5.51. The zero-order valence-corrected chi connectivity index (χ0v) is 11.7. The van der Waals surface area contributed by atoms with E-state index in [1.165, 1.54) is 5.56 Å². The lowest BCUT2D eigenvalue weighted by molar-refractivity contribution is 0.340. The van der Waals surface area contributed by atoms with E-state index < -0.39 is 0 Å². The maximum Gasteiger partial charge on any atom is 0.168 e. The molecule has 0 unspecified atom stereocenters. The molecule has 4 heteroatoms. The monoisotopic (exact) mass is 276 g/mol. The van der Waals surface area contributed by atoms with Gasteiger partial charge in [0.25, 0.3) is 0 Å². The predicted octanol–water partition coefficient (Wildman–Crippen LogP) is 3.79. The summed E-state index contributed by atoms with van der Waals surface area (Å²) in [4.78, 5) is 4.29. The van der Waals surface area contributed by atoms with E-state index in [9.17, 15) is 0 Å². The zero-order chi connectivity index (χ0) is 13.5. The number of halogens is 1. The van der Waals surface area contributed by atoms with Crippen molar-refractivity contribution in [2.75, 3.05) is 18.5 Å². The molecule has 0 saturated heterocycles. The van der Waals surface area contributed by atoms with Gasteiger partial charge in [0.2, 0.25) is 0 Å². The van der Waals surface area contributed by atoms with Gasteiger partial charge in [-0.05, 0) is 43.2 Å². The van der Waals surface area contributed by atoms with Crippen LogP contribution >= 0.6 is 11.6 Å². The average Bonchev–Trinajstić information content (AvgIpc) is 2.43. The largest absolute Gasteiger partial charge is 0.490 e. The molecule has 0 amide bonds. The Morgan fingerprint density at radius 2 is 2.00 bits per heavy atom. The van der Waals surface area contributed by atoms with Gasteiger partial charge in [-0.2, -0.15) is 0 Å². The van der Waals surface area contributed by atoms with E-state index in [0.29, 0.717) is 6.61 Å². The molecule has 1 aromatic heterocycles. The summed E-state index contributed by atoms with van der Waals surface area (Å²) in [5.41, 5.74) is 1.24. The smallest absolute Gasteiger partial charge is 0.168 e. The van der Waals surface area contributed by atoms with Crippen molar-refractivity contribution in [3.05, 3.63) is 53.2 Å². The van der Waals surface area contributed by atoms with Crippen molar-refractivity contribution in [3.8, 4) is 5.75 Å². The number of nitrogens with one attached hydrogen (secondary N) is 1. The molecule has 0 spiro atoms. The Labute approximate surface area is 118 Å². The third-order valence-corrected chi connectivity index (χ3v) is 2.94. The maximum absolute atomic E-state index is 5.85. The van der Waals surface area contributed by atoms with Crippen molar-refractivity contribution in [1.29, 1.82) is 0 Å². The molecule has 3 nitrogen and oxygen atoms in total. The summed E-state index contributed by atoms with van der Waals surface area (Å²) in [6, 6.07) is 11.7. The van der Waals surface area contributed by atoms with Crippen LogP contribution in [0.25, 0.3) is 0 Å². The number of nitrogens with zero attached hydrogens (tertiary/aromatic N) is 1. The topological polar surface area (TPSA) is 34.1 Å². The summed E-state index contributed by atoms with van der Waals surface area (Å²) in [6.45, 7) is 3.40. The van der Waals surface area contributed by atoms with E-state index in [1.54, 1.807) is 6.20 Å². The summed E-state index contributed by atoms with van der Waals surface area (Å²) in [7, 11) is 0. The van der Waals surface area contributed by atoms with E-state index in [1.807, 2.05) is 43.3 Å². The first-order valence-corrected chi connectivity index (χ1v) is 6.73. The second-order valence-corrected chi connectivity index (χ2v) is 4.52. The van der Waals surface area contributed by atoms with Gasteiger partial charge >= 0.3 is 0 Å². The van der Waals surface area contributed by atoms with Gasteiger partial charge in [0.1, 0.15) is 0 Å². The average molecular weight is 277 g/mol. The van der Waals surface area contributed by atoms with Gasteiger partial charge in [-0.15, -0.1) is 0 Å². The number of hydrogen-bond acceptors (Lipinski definition) is 3. The number of anilines is 1. The molecule has 0 aliphatic carbocycles.